The average Bonchev–Trinajstić information content (AvgIpc) is 3.02. The Kier molecular flexibility index (Phi) is 3.07. The fraction of sp³-hybridized carbons (Fsp3) is 0.750. The zero-order chi connectivity index (χ0) is 12.7. The molecule has 2 aromatic rings. The van der Waals surface area contributed by atoms with Gasteiger partial charge in [-0.1, -0.05) is 38.0 Å². The van der Waals surface area contributed by atoms with Gasteiger partial charge in [-0.3, -0.25) is 0 Å². The van der Waals surface area contributed by atoms with E-state index in [0.717, 1.165) is 15.8 Å². The second-order valence-electron chi connectivity index (χ2n) is 5.44. The van der Waals surface area contributed by atoms with Crippen LogP contribution in [0.5, 0.6) is 0 Å². The van der Waals surface area contributed by atoms with E-state index in [1.807, 2.05) is 4.52 Å². The summed E-state index contributed by atoms with van der Waals surface area (Å²) in [6.45, 7) is 4.23. The number of hydrogen-bond acceptors (Lipinski definition) is 5. The van der Waals surface area contributed by atoms with Crippen LogP contribution >= 0.6 is 11.3 Å². The lowest BCUT2D eigenvalue weighted by atomic mass is 10.1. The highest BCUT2D eigenvalue weighted by Crippen LogP contribution is 2.34. The van der Waals surface area contributed by atoms with Crippen molar-refractivity contribution >= 4 is 16.3 Å². The fourth-order valence-electron chi connectivity index (χ4n) is 2.51. The first-order valence-corrected chi connectivity index (χ1v) is 7.46. The van der Waals surface area contributed by atoms with Crippen molar-refractivity contribution < 1.29 is 0 Å². The Bertz CT molecular complexity index is 538. The van der Waals surface area contributed by atoms with Crippen LogP contribution in [0.3, 0.4) is 0 Å². The highest BCUT2D eigenvalue weighted by molar-refractivity contribution is 7.16. The third-order valence-corrected chi connectivity index (χ3v) is 4.75. The molecule has 1 aliphatic carbocycles. The van der Waals surface area contributed by atoms with E-state index in [1.54, 1.807) is 11.3 Å². The molecule has 0 radical (unpaired) electrons. The smallest absolute Gasteiger partial charge is 0.234 e. The molecule has 0 spiro atoms. The van der Waals surface area contributed by atoms with Gasteiger partial charge in [-0.05, 0) is 18.8 Å². The summed E-state index contributed by atoms with van der Waals surface area (Å²) in [5.74, 6) is 1.95. The van der Waals surface area contributed by atoms with Gasteiger partial charge in [0.15, 0.2) is 5.82 Å². The molecule has 18 heavy (non-hydrogen) atoms. The van der Waals surface area contributed by atoms with Gasteiger partial charge in [-0.25, -0.2) is 0 Å². The maximum Gasteiger partial charge on any atom is 0.234 e. The van der Waals surface area contributed by atoms with Gasteiger partial charge in [-0.15, -0.1) is 10.2 Å². The first kappa shape index (κ1) is 12.0. The molecule has 2 N–H and O–H groups in total. The van der Waals surface area contributed by atoms with Crippen LogP contribution in [-0.2, 0) is 0 Å². The third-order valence-electron chi connectivity index (χ3n) is 3.75. The average molecular weight is 265 g/mol. The lowest BCUT2D eigenvalue weighted by Crippen LogP contribution is -2.17. The number of nitrogens with two attached hydrogens (primary N) is 1. The standard InChI is InChI=1S/C12H19N5S/c1-7(2)9(13)11-16-17-10(8-5-3-4-6-8)14-15-12(17)18-11/h7-9H,3-6,13H2,1-2H3. The first-order chi connectivity index (χ1) is 8.66. The van der Waals surface area contributed by atoms with Crippen molar-refractivity contribution in [1.29, 1.82) is 0 Å². The minimum atomic E-state index is -0.00636. The van der Waals surface area contributed by atoms with Gasteiger partial charge in [-0.2, -0.15) is 9.61 Å². The number of hydrogen-bond donors (Lipinski definition) is 1. The Hall–Kier alpha value is -1.01. The van der Waals surface area contributed by atoms with Gasteiger partial charge in [0.05, 0.1) is 6.04 Å². The van der Waals surface area contributed by atoms with Crippen LogP contribution in [0.25, 0.3) is 4.96 Å². The number of fused-ring (bicyclic) bond motifs is 1. The third kappa shape index (κ3) is 1.93. The summed E-state index contributed by atoms with van der Waals surface area (Å²) in [4.78, 5) is 0.878. The van der Waals surface area contributed by atoms with E-state index < -0.39 is 0 Å². The van der Waals surface area contributed by atoms with Crippen LogP contribution in [0, 0.1) is 5.92 Å². The normalized spacial score (nSPS) is 19.1. The van der Waals surface area contributed by atoms with Crippen molar-refractivity contribution in [2.45, 2.75) is 51.5 Å². The van der Waals surface area contributed by atoms with Crippen molar-refractivity contribution in [1.82, 2.24) is 19.8 Å². The van der Waals surface area contributed by atoms with Crippen LogP contribution in [0.2, 0.25) is 0 Å². The van der Waals surface area contributed by atoms with Gasteiger partial charge in [0.1, 0.15) is 5.01 Å². The summed E-state index contributed by atoms with van der Waals surface area (Å²) < 4.78 is 1.91. The van der Waals surface area contributed by atoms with Crippen molar-refractivity contribution in [3.05, 3.63) is 10.8 Å². The monoisotopic (exact) mass is 265 g/mol. The number of nitrogens with zero attached hydrogens (tertiary/aromatic N) is 4. The molecule has 6 heteroatoms. The zero-order valence-corrected chi connectivity index (χ0v) is 11.7. The molecule has 1 unspecified atom stereocenters. The molecule has 1 saturated carbocycles. The molecule has 1 fully saturated rings. The van der Waals surface area contributed by atoms with E-state index in [4.69, 9.17) is 5.73 Å². The highest BCUT2D eigenvalue weighted by atomic mass is 32.1. The summed E-state index contributed by atoms with van der Waals surface area (Å²) in [6.07, 6.45) is 5.01. The molecule has 2 aromatic heterocycles. The van der Waals surface area contributed by atoms with Crippen LogP contribution in [-0.4, -0.2) is 19.8 Å². The topological polar surface area (TPSA) is 69.1 Å². The van der Waals surface area contributed by atoms with Crippen LogP contribution in [0.1, 0.15) is 62.3 Å². The van der Waals surface area contributed by atoms with Gasteiger partial charge < -0.3 is 5.73 Å². The number of rotatable bonds is 3. The second kappa shape index (κ2) is 4.59. The van der Waals surface area contributed by atoms with Crippen molar-refractivity contribution in [2.75, 3.05) is 0 Å². The van der Waals surface area contributed by atoms with Crippen LogP contribution < -0.4 is 5.73 Å². The predicted molar refractivity (Wildman–Crippen MR) is 71.6 cm³/mol. The number of aromatic nitrogens is 4. The molecule has 5 nitrogen and oxygen atoms in total. The van der Waals surface area contributed by atoms with E-state index in [0.29, 0.717) is 11.8 Å². The molecular formula is C12H19N5S. The molecule has 0 amide bonds. The molecule has 1 atom stereocenters. The van der Waals surface area contributed by atoms with Crippen molar-refractivity contribution in [2.24, 2.45) is 11.7 Å². The quantitative estimate of drug-likeness (QED) is 0.925. The van der Waals surface area contributed by atoms with Gasteiger partial charge >= 0.3 is 0 Å². The lowest BCUT2D eigenvalue weighted by molar-refractivity contribution is 0.504. The fourth-order valence-corrected chi connectivity index (χ4v) is 3.53. The molecule has 0 saturated heterocycles. The van der Waals surface area contributed by atoms with Crippen LogP contribution in [0.4, 0.5) is 0 Å². The summed E-state index contributed by atoms with van der Waals surface area (Å²) >= 11 is 1.57. The minimum absolute atomic E-state index is 0.00636. The molecule has 3 rings (SSSR count). The Morgan fingerprint density at radius 2 is 2.00 bits per heavy atom. The summed E-state index contributed by atoms with van der Waals surface area (Å²) in [7, 11) is 0. The molecule has 1 aliphatic rings. The maximum atomic E-state index is 6.15. The highest BCUT2D eigenvalue weighted by Gasteiger charge is 2.25. The lowest BCUT2D eigenvalue weighted by Gasteiger charge is -2.11. The molecule has 2 heterocycles. The zero-order valence-electron chi connectivity index (χ0n) is 10.8. The maximum absolute atomic E-state index is 6.15. The van der Waals surface area contributed by atoms with E-state index in [1.165, 1.54) is 25.7 Å². The van der Waals surface area contributed by atoms with E-state index >= 15 is 0 Å². The summed E-state index contributed by atoms with van der Waals surface area (Å²) in [6, 6.07) is -0.00636. The Balaban J connectivity index is 1.97. The molecule has 98 valence electrons. The summed E-state index contributed by atoms with van der Waals surface area (Å²) in [5, 5.41) is 14.1. The molecular weight excluding hydrogens is 246 g/mol. The van der Waals surface area contributed by atoms with E-state index in [9.17, 15) is 0 Å². The molecule has 0 aromatic carbocycles. The Morgan fingerprint density at radius 3 is 2.67 bits per heavy atom. The molecule has 0 aliphatic heterocycles. The molecule has 0 bridgehead atoms. The van der Waals surface area contributed by atoms with Crippen molar-refractivity contribution in [3.8, 4) is 0 Å². The first-order valence-electron chi connectivity index (χ1n) is 6.64. The van der Waals surface area contributed by atoms with E-state index in [2.05, 4.69) is 29.1 Å². The van der Waals surface area contributed by atoms with Gasteiger partial charge in [0.25, 0.3) is 0 Å². The van der Waals surface area contributed by atoms with Crippen molar-refractivity contribution in [3.63, 3.8) is 0 Å². The Labute approximate surface area is 110 Å². The predicted octanol–water partition coefficient (Wildman–Crippen LogP) is 2.50. The SMILES string of the molecule is CC(C)C(N)c1nn2c(C3CCCC3)nnc2s1. The summed E-state index contributed by atoms with van der Waals surface area (Å²) in [5.41, 5.74) is 6.15. The van der Waals surface area contributed by atoms with Crippen LogP contribution in [0.15, 0.2) is 0 Å². The van der Waals surface area contributed by atoms with Gasteiger partial charge in [0, 0.05) is 5.92 Å². The minimum Gasteiger partial charge on any atom is -0.322 e. The Morgan fingerprint density at radius 1 is 1.28 bits per heavy atom. The second-order valence-corrected chi connectivity index (χ2v) is 6.43. The van der Waals surface area contributed by atoms with E-state index in [-0.39, 0.29) is 6.04 Å². The van der Waals surface area contributed by atoms with Gasteiger partial charge in [0.2, 0.25) is 4.96 Å². The largest absolute Gasteiger partial charge is 0.322 e.